The summed E-state index contributed by atoms with van der Waals surface area (Å²) in [7, 11) is 0. The number of aromatic nitrogens is 4. The highest BCUT2D eigenvalue weighted by atomic mass is 19.1. The van der Waals surface area contributed by atoms with Crippen LogP contribution in [-0.2, 0) is 0 Å². The molecular weight excluding hydrogens is 175 g/mol. The molecule has 0 fully saturated rings. The first kappa shape index (κ1) is 7.90. The molecule has 2 aromatic heterocycles. The second kappa shape index (κ2) is 2.96. The van der Waals surface area contributed by atoms with Gasteiger partial charge in [0.25, 0.3) is 0 Å². The molecule has 0 saturated heterocycles. The molecule has 5 nitrogen and oxygen atoms in total. The topological polar surface area (TPSA) is 52.3 Å². The maximum atomic E-state index is 13.0. The second-order valence-electron chi connectivity index (χ2n) is 2.35. The fourth-order valence-electron chi connectivity index (χ4n) is 1.01. The molecule has 0 bridgehead atoms. The van der Waals surface area contributed by atoms with Gasteiger partial charge >= 0.3 is 6.01 Å². The molecule has 0 amide bonds. The predicted octanol–water partition coefficient (Wildman–Crippen LogP) is 0.662. The average Bonchev–Trinajstić information content (AvgIpc) is 2.59. The van der Waals surface area contributed by atoms with Crippen LogP contribution in [0.1, 0.15) is 6.92 Å². The molecule has 6 heteroatoms. The molecule has 2 rings (SSSR count). The third-order valence-electron chi connectivity index (χ3n) is 1.53. The molecule has 0 saturated carbocycles. The Morgan fingerprint density at radius 1 is 1.62 bits per heavy atom. The van der Waals surface area contributed by atoms with E-state index in [1.165, 1.54) is 10.7 Å². The van der Waals surface area contributed by atoms with Crippen molar-refractivity contribution in [2.45, 2.75) is 6.92 Å². The number of rotatable bonds is 2. The van der Waals surface area contributed by atoms with Crippen LogP contribution in [0.25, 0.3) is 5.65 Å². The smallest absolute Gasteiger partial charge is 0.303 e. The Kier molecular flexibility index (Phi) is 1.80. The van der Waals surface area contributed by atoms with E-state index in [-0.39, 0.29) is 5.65 Å². The van der Waals surface area contributed by atoms with Crippen molar-refractivity contribution in [3.63, 3.8) is 0 Å². The van der Waals surface area contributed by atoms with Crippen molar-refractivity contribution in [1.82, 2.24) is 19.6 Å². The normalized spacial score (nSPS) is 10.6. The fraction of sp³-hybridized carbons (Fsp3) is 0.286. The Morgan fingerprint density at radius 3 is 3.23 bits per heavy atom. The van der Waals surface area contributed by atoms with E-state index in [1.807, 2.05) is 6.92 Å². The van der Waals surface area contributed by atoms with Gasteiger partial charge in [-0.3, -0.25) is 0 Å². The minimum absolute atomic E-state index is 0.124. The van der Waals surface area contributed by atoms with Crippen molar-refractivity contribution in [3.8, 4) is 6.01 Å². The summed E-state index contributed by atoms with van der Waals surface area (Å²) in [6.07, 6.45) is 2.42. The molecule has 68 valence electrons. The maximum absolute atomic E-state index is 13.0. The largest absolute Gasteiger partial charge is 0.465 e. The second-order valence-corrected chi connectivity index (χ2v) is 2.35. The summed E-state index contributed by atoms with van der Waals surface area (Å²) in [6.45, 7) is 2.28. The number of fused-ring (bicyclic) bond motifs is 1. The van der Waals surface area contributed by atoms with E-state index in [0.29, 0.717) is 12.6 Å². The Bertz CT molecular complexity index is 427. The monoisotopic (exact) mass is 182 g/mol. The van der Waals surface area contributed by atoms with Gasteiger partial charge in [-0.2, -0.15) is 0 Å². The summed E-state index contributed by atoms with van der Waals surface area (Å²) >= 11 is 0. The highest BCUT2D eigenvalue weighted by Gasteiger charge is 2.08. The van der Waals surface area contributed by atoms with Gasteiger partial charge in [0.15, 0.2) is 5.82 Å². The molecule has 0 N–H and O–H groups in total. The molecule has 13 heavy (non-hydrogen) atoms. The summed E-state index contributed by atoms with van der Waals surface area (Å²) in [4.78, 5) is 3.75. The molecule has 0 aromatic carbocycles. The van der Waals surface area contributed by atoms with Crippen molar-refractivity contribution >= 4 is 5.65 Å². The molecule has 0 radical (unpaired) electrons. The standard InChI is InChI=1S/C7H7FN4O/c1-2-13-7-9-3-5(8)6-11-10-4-12(6)7/h3-4H,2H2,1H3. The Hall–Kier alpha value is -1.72. The molecule has 0 aliphatic heterocycles. The van der Waals surface area contributed by atoms with Crippen LogP contribution >= 0.6 is 0 Å². The first-order valence-electron chi connectivity index (χ1n) is 3.80. The Labute approximate surface area is 73.2 Å². The lowest BCUT2D eigenvalue weighted by Gasteiger charge is -2.02. The van der Waals surface area contributed by atoms with Crippen LogP contribution in [-0.4, -0.2) is 26.2 Å². The quantitative estimate of drug-likeness (QED) is 0.684. The van der Waals surface area contributed by atoms with Gasteiger partial charge in [-0.25, -0.2) is 13.8 Å². The van der Waals surface area contributed by atoms with E-state index in [9.17, 15) is 4.39 Å². The van der Waals surface area contributed by atoms with Crippen molar-refractivity contribution in [1.29, 1.82) is 0 Å². The van der Waals surface area contributed by atoms with Crippen molar-refractivity contribution < 1.29 is 9.13 Å². The van der Waals surface area contributed by atoms with Gasteiger partial charge in [-0.15, -0.1) is 10.2 Å². The van der Waals surface area contributed by atoms with Crippen LogP contribution in [0.15, 0.2) is 12.5 Å². The van der Waals surface area contributed by atoms with Crippen LogP contribution < -0.4 is 4.74 Å². The predicted molar refractivity (Wildman–Crippen MR) is 41.9 cm³/mol. The minimum atomic E-state index is -0.513. The lowest BCUT2D eigenvalue weighted by Crippen LogP contribution is -2.02. The number of nitrogens with zero attached hydrogens (tertiary/aromatic N) is 4. The zero-order valence-electron chi connectivity index (χ0n) is 6.94. The lowest BCUT2D eigenvalue weighted by atomic mass is 10.6. The van der Waals surface area contributed by atoms with Gasteiger partial charge in [0, 0.05) is 0 Å². The maximum Gasteiger partial charge on any atom is 0.303 e. The molecule has 0 atom stereocenters. The van der Waals surface area contributed by atoms with Crippen LogP contribution in [0.4, 0.5) is 4.39 Å². The van der Waals surface area contributed by atoms with Gasteiger partial charge in [0.05, 0.1) is 12.8 Å². The molecule has 0 aliphatic carbocycles. The van der Waals surface area contributed by atoms with Crippen LogP contribution in [0, 0.1) is 5.82 Å². The first-order chi connectivity index (χ1) is 6.33. The van der Waals surface area contributed by atoms with Crippen molar-refractivity contribution in [2.75, 3.05) is 6.61 Å². The summed E-state index contributed by atoms with van der Waals surface area (Å²) in [5.74, 6) is -0.513. The van der Waals surface area contributed by atoms with E-state index >= 15 is 0 Å². The molecule has 0 spiro atoms. The SMILES string of the molecule is CCOc1ncc(F)c2nncn12. The number of ether oxygens (including phenoxy) is 1. The number of hydrogen-bond acceptors (Lipinski definition) is 4. The third kappa shape index (κ3) is 1.20. The van der Waals surface area contributed by atoms with Gasteiger partial charge < -0.3 is 4.74 Å². The first-order valence-corrected chi connectivity index (χ1v) is 3.80. The number of halogens is 1. The summed E-state index contributed by atoms with van der Waals surface area (Å²) in [6, 6.07) is 0.295. The van der Waals surface area contributed by atoms with E-state index < -0.39 is 5.82 Å². The highest BCUT2D eigenvalue weighted by molar-refractivity contribution is 5.38. The van der Waals surface area contributed by atoms with Crippen molar-refractivity contribution in [2.24, 2.45) is 0 Å². The Balaban J connectivity index is 2.64. The summed E-state index contributed by atoms with van der Waals surface area (Å²) < 4.78 is 19.5. The van der Waals surface area contributed by atoms with E-state index in [4.69, 9.17) is 4.74 Å². The van der Waals surface area contributed by atoms with Gasteiger partial charge in [-0.1, -0.05) is 0 Å². The lowest BCUT2D eigenvalue weighted by molar-refractivity contribution is 0.306. The van der Waals surface area contributed by atoms with Crippen LogP contribution in [0.2, 0.25) is 0 Å². The average molecular weight is 182 g/mol. The third-order valence-corrected chi connectivity index (χ3v) is 1.53. The van der Waals surface area contributed by atoms with Crippen molar-refractivity contribution in [3.05, 3.63) is 18.3 Å². The molecule has 2 heterocycles. The molecule has 2 aromatic rings. The molecule has 0 aliphatic rings. The van der Waals surface area contributed by atoms with E-state index in [0.717, 1.165) is 6.20 Å². The van der Waals surface area contributed by atoms with E-state index in [2.05, 4.69) is 15.2 Å². The number of hydrogen-bond donors (Lipinski definition) is 0. The van der Waals surface area contributed by atoms with E-state index in [1.54, 1.807) is 0 Å². The minimum Gasteiger partial charge on any atom is -0.465 e. The van der Waals surface area contributed by atoms with Gasteiger partial charge in [0.2, 0.25) is 5.65 Å². The van der Waals surface area contributed by atoms with Crippen LogP contribution in [0.5, 0.6) is 6.01 Å². The zero-order chi connectivity index (χ0) is 9.26. The van der Waals surface area contributed by atoms with Gasteiger partial charge in [-0.05, 0) is 6.92 Å². The molecule has 0 unspecified atom stereocenters. The van der Waals surface area contributed by atoms with Crippen LogP contribution in [0.3, 0.4) is 0 Å². The Morgan fingerprint density at radius 2 is 2.46 bits per heavy atom. The van der Waals surface area contributed by atoms with Gasteiger partial charge in [0.1, 0.15) is 6.33 Å². The highest BCUT2D eigenvalue weighted by Crippen LogP contribution is 2.11. The summed E-state index contributed by atoms with van der Waals surface area (Å²) in [5, 5.41) is 7.14. The summed E-state index contributed by atoms with van der Waals surface area (Å²) in [5.41, 5.74) is 0.124. The fourth-order valence-corrected chi connectivity index (χ4v) is 1.01. The zero-order valence-corrected chi connectivity index (χ0v) is 6.94. The molecular formula is C7H7FN4O.